The lowest BCUT2D eigenvalue weighted by Gasteiger charge is -1.93. The van der Waals surface area contributed by atoms with Crippen LogP contribution in [0.4, 0.5) is 8.78 Å². The topological polar surface area (TPSA) is 43.4 Å². The Kier molecular flexibility index (Phi) is 5.79. The van der Waals surface area contributed by atoms with Gasteiger partial charge in [-0.05, 0) is 0 Å². The first kappa shape index (κ1) is 11.8. The van der Waals surface area contributed by atoms with Crippen LogP contribution in [0.15, 0.2) is 0 Å². The fraction of sp³-hybridized carbons (Fsp3) is 0.500. The van der Waals surface area contributed by atoms with Gasteiger partial charge in [0.15, 0.2) is 0 Å². The van der Waals surface area contributed by atoms with Crippen LogP contribution < -0.4 is 0 Å². The summed E-state index contributed by atoms with van der Waals surface area (Å²) in [6.45, 7) is 0. The van der Waals surface area contributed by atoms with E-state index in [1.54, 1.807) is 0 Å². The summed E-state index contributed by atoms with van der Waals surface area (Å²) in [5.74, 6) is -3.32. The van der Waals surface area contributed by atoms with E-state index in [-0.39, 0.29) is 8.41 Å². The van der Waals surface area contributed by atoms with Crippen molar-refractivity contribution >= 4 is 20.2 Å². The van der Waals surface area contributed by atoms with Crippen LogP contribution in [0.5, 0.6) is 0 Å². The molecule has 0 unspecified atom stereocenters. The molecule has 0 saturated carbocycles. The van der Waals surface area contributed by atoms with E-state index in [0.717, 1.165) is 7.11 Å². The van der Waals surface area contributed by atoms with E-state index >= 15 is 0 Å². The molecule has 0 spiro atoms. The van der Waals surface area contributed by atoms with Gasteiger partial charge in [0.1, 0.15) is 0 Å². The van der Waals surface area contributed by atoms with E-state index in [1.165, 1.54) is 0 Å². The molecule has 0 aliphatic rings. The van der Waals surface area contributed by atoms with Crippen LogP contribution in [0, 0.1) is 0 Å². The quantitative estimate of drug-likeness (QED) is 0.284. The van der Waals surface area contributed by atoms with Gasteiger partial charge in [-0.3, -0.25) is 4.79 Å². The van der Waals surface area contributed by atoms with E-state index in [9.17, 15) is 18.4 Å². The summed E-state index contributed by atoms with van der Waals surface area (Å²) in [7, 11) is 0.864. The van der Waals surface area contributed by atoms with Crippen molar-refractivity contribution in [1.29, 1.82) is 0 Å². The molecule has 0 aliphatic heterocycles. The van der Waals surface area contributed by atoms with E-state index in [2.05, 4.69) is 4.74 Å². The number of hydrogen-bond acceptors (Lipinski definition) is 3. The number of Topliss-reactive ketones (excluding diaryl/α,β-unsaturated/α-hetero) is 1. The Balaban J connectivity index is 0. The molecule has 0 rings (SSSR count). The number of esters is 1. The average molecular weight is 152 g/mol. The standard InChI is InChI=1S/C4H4F2O3.BH3/c1-9-4(8)2(7)3(5)6;/h3H,1H3;1H3. The van der Waals surface area contributed by atoms with Crippen molar-refractivity contribution in [2.45, 2.75) is 6.43 Å². The molecule has 0 saturated heterocycles. The maximum absolute atomic E-state index is 11.2. The molecule has 10 heavy (non-hydrogen) atoms. The number of alkyl halides is 2. The highest BCUT2D eigenvalue weighted by molar-refractivity contribution is 6.34. The van der Waals surface area contributed by atoms with Crippen molar-refractivity contribution < 1.29 is 23.1 Å². The molecule has 0 fully saturated rings. The Morgan fingerprint density at radius 1 is 1.40 bits per heavy atom. The van der Waals surface area contributed by atoms with Crippen LogP contribution >= 0.6 is 0 Å². The lowest BCUT2D eigenvalue weighted by molar-refractivity contribution is -0.156. The Morgan fingerprint density at radius 3 is 1.90 bits per heavy atom. The number of halogens is 2. The molecule has 0 amide bonds. The molecule has 0 heterocycles. The normalized spacial score (nSPS) is 8.40. The summed E-state index contributed by atoms with van der Waals surface area (Å²) in [5.41, 5.74) is 0. The molecular weight excluding hydrogens is 145 g/mol. The number of rotatable bonds is 2. The number of hydrogen-bond donors (Lipinski definition) is 0. The molecule has 58 valence electrons. The van der Waals surface area contributed by atoms with Gasteiger partial charge in [0, 0.05) is 0 Å². The second-order valence-corrected chi connectivity index (χ2v) is 1.16. The van der Waals surface area contributed by atoms with Crippen molar-refractivity contribution in [3.8, 4) is 0 Å². The predicted octanol–water partition coefficient (Wildman–Crippen LogP) is -1.19. The first-order valence-electron chi connectivity index (χ1n) is 2.00. The van der Waals surface area contributed by atoms with Gasteiger partial charge < -0.3 is 4.74 Å². The number of methoxy groups -OCH3 is 1. The zero-order valence-corrected chi connectivity index (χ0v) is 4.56. The summed E-state index contributed by atoms with van der Waals surface area (Å²) < 4.78 is 26.1. The third-order valence-electron chi connectivity index (χ3n) is 0.585. The minimum absolute atomic E-state index is 0. The minimum Gasteiger partial charge on any atom is -0.463 e. The molecular formula is C4H7BF2O3. The number of ether oxygens (including phenoxy) is 1. The van der Waals surface area contributed by atoms with Gasteiger partial charge in [-0.15, -0.1) is 0 Å². The molecule has 0 N–H and O–H groups in total. The largest absolute Gasteiger partial charge is 0.463 e. The van der Waals surface area contributed by atoms with Crippen molar-refractivity contribution in [2.24, 2.45) is 0 Å². The maximum atomic E-state index is 11.2. The highest BCUT2D eigenvalue weighted by atomic mass is 19.3. The van der Waals surface area contributed by atoms with Crippen molar-refractivity contribution in [1.82, 2.24) is 0 Å². The smallest absolute Gasteiger partial charge is 0.380 e. The van der Waals surface area contributed by atoms with Gasteiger partial charge in [-0.2, -0.15) is 0 Å². The summed E-state index contributed by atoms with van der Waals surface area (Å²) in [6, 6.07) is 0. The van der Waals surface area contributed by atoms with Crippen LogP contribution in [-0.4, -0.2) is 33.7 Å². The van der Waals surface area contributed by atoms with Gasteiger partial charge in [0.05, 0.1) is 15.5 Å². The fourth-order valence-corrected chi connectivity index (χ4v) is 0.190. The third-order valence-corrected chi connectivity index (χ3v) is 0.585. The van der Waals surface area contributed by atoms with Crippen molar-refractivity contribution in [3.05, 3.63) is 0 Å². The van der Waals surface area contributed by atoms with Crippen molar-refractivity contribution in [2.75, 3.05) is 7.11 Å². The van der Waals surface area contributed by atoms with Crippen LogP contribution in [0.1, 0.15) is 0 Å². The van der Waals surface area contributed by atoms with Crippen LogP contribution in [0.3, 0.4) is 0 Å². The summed E-state index contributed by atoms with van der Waals surface area (Å²) in [4.78, 5) is 19.8. The maximum Gasteiger partial charge on any atom is 0.380 e. The monoisotopic (exact) mass is 152 g/mol. The molecule has 0 atom stereocenters. The molecule has 0 aromatic rings. The number of carbonyl (C=O) groups excluding carboxylic acids is 2. The highest BCUT2D eigenvalue weighted by Gasteiger charge is 2.24. The fourth-order valence-electron chi connectivity index (χ4n) is 0.190. The molecule has 0 aromatic heterocycles. The van der Waals surface area contributed by atoms with E-state index in [4.69, 9.17) is 0 Å². The summed E-state index contributed by atoms with van der Waals surface area (Å²) in [6.07, 6.45) is -3.27. The molecule has 6 heteroatoms. The van der Waals surface area contributed by atoms with E-state index in [1.807, 2.05) is 0 Å². The second kappa shape index (κ2) is 4.90. The predicted molar refractivity (Wildman–Crippen MR) is 33.0 cm³/mol. The SMILES string of the molecule is B.COC(=O)C(=O)C(F)F. The Hall–Kier alpha value is -0.935. The van der Waals surface area contributed by atoms with E-state index < -0.39 is 18.2 Å². The second-order valence-electron chi connectivity index (χ2n) is 1.16. The van der Waals surface area contributed by atoms with Gasteiger partial charge in [0.2, 0.25) is 0 Å². The molecule has 0 radical (unpaired) electrons. The Bertz CT molecular complexity index is 136. The zero-order valence-electron chi connectivity index (χ0n) is 4.56. The van der Waals surface area contributed by atoms with Gasteiger partial charge in [-0.1, -0.05) is 0 Å². The van der Waals surface area contributed by atoms with Gasteiger partial charge >= 0.3 is 18.2 Å². The number of carbonyl (C=O) groups is 2. The third kappa shape index (κ3) is 3.16. The lowest BCUT2D eigenvalue weighted by Crippen LogP contribution is -2.22. The van der Waals surface area contributed by atoms with Crippen LogP contribution in [0.2, 0.25) is 0 Å². The van der Waals surface area contributed by atoms with Crippen LogP contribution in [-0.2, 0) is 14.3 Å². The highest BCUT2D eigenvalue weighted by Crippen LogP contribution is 1.94. The first-order valence-corrected chi connectivity index (χ1v) is 2.00. The average Bonchev–Trinajstić information content (AvgIpc) is 1.84. The Morgan fingerprint density at radius 2 is 1.80 bits per heavy atom. The summed E-state index contributed by atoms with van der Waals surface area (Å²) in [5, 5.41) is 0. The first-order chi connectivity index (χ1) is 4.09. The minimum atomic E-state index is -3.27. The zero-order chi connectivity index (χ0) is 7.44. The van der Waals surface area contributed by atoms with Gasteiger partial charge in [-0.25, -0.2) is 13.6 Å². The van der Waals surface area contributed by atoms with E-state index in [0.29, 0.717) is 0 Å². The Labute approximate surface area is 57.9 Å². The van der Waals surface area contributed by atoms with Gasteiger partial charge in [0.25, 0.3) is 0 Å². The lowest BCUT2D eigenvalue weighted by atomic mass is 10.4. The molecule has 0 aliphatic carbocycles. The van der Waals surface area contributed by atoms with Crippen LogP contribution in [0.25, 0.3) is 0 Å². The molecule has 0 bridgehead atoms. The van der Waals surface area contributed by atoms with Crippen molar-refractivity contribution in [3.63, 3.8) is 0 Å². The number of ketones is 1. The summed E-state index contributed by atoms with van der Waals surface area (Å²) >= 11 is 0. The molecule has 3 nitrogen and oxygen atoms in total. The molecule has 0 aromatic carbocycles.